The largest absolute Gasteiger partial charge is 0.469 e. The number of hydrazine groups is 1. The lowest BCUT2D eigenvalue weighted by Crippen LogP contribution is -2.49. The van der Waals surface area contributed by atoms with Crippen LogP contribution in [0.1, 0.15) is 29.0 Å². The zero-order valence-corrected chi connectivity index (χ0v) is 15.7. The fourth-order valence-corrected chi connectivity index (χ4v) is 4.27. The van der Waals surface area contributed by atoms with Crippen LogP contribution in [0.15, 0.2) is 41.0 Å². The molecule has 0 unspecified atom stereocenters. The zero-order valence-electron chi connectivity index (χ0n) is 14.9. The normalized spacial score (nSPS) is 17.1. The predicted octanol–water partition coefficient (Wildman–Crippen LogP) is 2.88. The molecule has 0 saturated carbocycles. The van der Waals surface area contributed by atoms with E-state index in [0.29, 0.717) is 17.9 Å². The number of anilines is 1. The van der Waals surface area contributed by atoms with Crippen LogP contribution in [0.25, 0.3) is 10.2 Å². The Labute approximate surface area is 160 Å². The van der Waals surface area contributed by atoms with Gasteiger partial charge in [-0.15, -0.1) is 0 Å². The number of aromatic nitrogens is 1. The van der Waals surface area contributed by atoms with Crippen molar-refractivity contribution in [3.63, 3.8) is 0 Å². The van der Waals surface area contributed by atoms with Gasteiger partial charge in [0.05, 0.1) is 28.0 Å². The Morgan fingerprint density at radius 1 is 1.26 bits per heavy atom. The van der Waals surface area contributed by atoms with Crippen LogP contribution >= 0.6 is 11.3 Å². The molecule has 2 amide bonds. The average molecular weight is 384 g/mol. The number of aryl methyl sites for hydroxylation is 1. The molecular weight excluding hydrogens is 364 g/mol. The van der Waals surface area contributed by atoms with Crippen LogP contribution in [-0.2, 0) is 4.79 Å². The summed E-state index contributed by atoms with van der Waals surface area (Å²) in [6, 6.07) is 9.60. The van der Waals surface area contributed by atoms with E-state index in [9.17, 15) is 9.59 Å². The Kier molecular flexibility index (Phi) is 4.81. The van der Waals surface area contributed by atoms with Crippen LogP contribution in [0.2, 0.25) is 0 Å². The molecule has 0 bridgehead atoms. The quantitative estimate of drug-likeness (QED) is 0.678. The fourth-order valence-electron chi connectivity index (χ4n) is 3.27. The van der Waals surface area contributed by atoms with Crippen LogP contribution in [0.3, 0.4) is 0 Å². The van der Waals surface area contributed by atoms with E-state index in [-0.39, 0.29) is 17.7 Å². The number of rotatable bonds is 3. The van der Waals surface area contributed by atoms with Crippen molar-refractivity contribution in [2.75, 3.05) is 18.0 Å². The van der Waals surface area contributed by atoms with Crippen molar-refractivity contribution in [1.29, 1.82) is 0 Å². The van der Waals surface area contributed by atoms with Gasteiger partial charge in [-0.3, -0.25) is 20.4 Å². The van der Waals surface area contributed by atoms with Crippen LogP contribution in [-0.4, -0.2) is 29.9 Å². The minimum absolute atomic E-state index is 0.185. The second-order valence-corrected chi connectivity index (χ2v) is 7.59. The molecule has 2 aromatic heterocycles. The number of nitrogens with zero attached hydrogens (tertiary/aromatic N) is 2. The van der Waals surface area contributed by atoms with Gasteiger partial charge in [0, 0.05) is 13.1 Å². The van der Waals surface area contributed by atoms with Gasteiger partial charge in [-0.2, -0.15) is 0 Å². The van der Waals surface area contributed by atoms with Gasteiger partial charge < -0.3 is 9.32 Å². The van der Waals surface area contributed by atoms with Crippen LogP contribution in [0.4, 0.5) is 5.13 Å². The summed E-state index contributed by atoms with van der Waals surface area (Å²) in [6.07, 6.45) is 3.14. The Morgan fingerprint density at radius 3 is 2.89 bits per heavy atom. The Hall–Kier alpha value is -2.87. The van der Waals surface area contributed by atoms with Gasteiger partial charge in [0.1, 0.15) is 5.76 Å². The summed E-state index contributed by atoms with van der Waals surface area (Å²) in [6.45, 7) is 3.17. The second kappa shape index (κ2) is 7.40. The zero-order chi connectivity index (χ0) is 18.8. The standard InChI is InChI=1S/C19H20N4O3S/c1-12-14(8-10-26-12)18(25)22-21-17(24)13-5-4-9-23(11-13)19-20-15-6-2-3-7-16(15)27-19/h2-3,6-8,10,13H,4-5,9,11H2,1H3,(H,21,24)(H,22,25)/t13-/m0/s1. The van der Waals surface area contributed by atoms with Crippen LogP contribution in [0, 0.1) is 12.8 Å². The third-order valence-electron chi connectivity index (χ3n) is 4.75. The van der Waals surface area contributed by atoms with Crippen molar-refractivity contribution in [2.45, 2.75) is 19.8 Å². The molecule has 1 aromatic carbocycles. The minimum Gasteiger partial charge on any atom is -0.469 e. The molecule has 1 saturated heterocycles. The molecule has 0 spiro atoms. The van der Waals surface area contributed by atoms with E-state index < -0.39 is 0 Å². The SMILES string of the molecule is Cc1occc1C(=O)NNC(=O)[C@H]1CCCN(c2nc3ccccc3s2)C1. The molecule has 27 heavy (non-hydrogen) atoms. The molecule has 8 heteroatoms. The molecule has 1 fully saturated rings. The topological polar surface area (TPSA) is 87.5 Å². The third kappa shape index (κ3) is 3.66. The lowest BCUT2D eigenvalue weighted by atomic mass is 9.98. The number of carbonyl (C=O) groups is 2. The summed E-state index contributed by atoms with van der Waals surface area (Å²) in [5, 5.41) is 0.937. The maximum Gasteiger partial charge on any atom is 0.273 e. The first-order chi connectivity index (χ1) is 13.1. The number of para-hydroxylation sites is 1. The molecule has 2 N–H and O–H groups in total. The maximum absolute atomic E-state index is 12.5. The number of furan rings is 1. The number of nitrogens with one attached hydrogen (secondary N) is 2. The van der Waals surface area contributed by atoms with E-state index in [2.05, 4.69) is 26.8 Å². The Balaban J connectivity index is 1.38. The number of carbonyl (C=O) groups excluding carboxylic acids is 2. The summed E-state index contributed by atoms with van der Waals surface area (Å²) in [5.41, 5.74) is 6.40. The van der Waals surface area contributed by atoms with Crippen LogP contribution in [0.5, 0.6) is 0 Å². The van der Waals surface area contributed by atoms with Gasteiger partial charge in [0.2, 0.25) is 5.91 Å². The highest BCUT2D eigenvalue weighted by Gasteiger charge is 2.28. The van der Waals surface area contributed by atoms with Gasteiger partial charge in [0.25, 0.3) is 5.91 Å². The van der Waals surface area contributed by atoms with Crippen molar-refractivity contribution in [2.24, 2.45) is 5.92 Å². The summed E-state index contributed by atoms with van der Waals surface area (Å²) in [4.78, 5) is 31.4. The number of hydrogen-bond donors (Lipinski definition) is 2. The van der Waals surface area contributed by atoms with Gasteiger partial charge in [-0.25, -0.2) is 4.98 Å². The summed E-state index contributed by atoms with van der Waals surface area (Å²) in [5.74, 6) is -0.248. The van der Waals surface area contributed by atoms with Gasteiger partial charge in [0.15, 0.2) is 5.13 Å². The lowest BCUT2D eigenvalue weighted by molar-refractivity contribution is -0.126. The monoisotopic (exact) mass is 384 g/mol. The molecule has 140 valence electrons. The van der Waals surface area contributed by atoms with Gasteiger partial charge in [-0.1, -0.05) is 23.5 Å². The second-order valence-electron chi connectivity index (χ2n) is 6.58. The van der Waals surface area contributed by atoms with Crippen molar-refractivity contribution in [1.82, 2.24) is 15.8 Å². The summed E-state index contributed by atoms with van der Waals surface area (Å²) in [7, 11) is 0. The highest BCUT2D eigenvalue weighted by molar-refractivity contribution is 7.22. The molecule has 7 nitrogen and oxygen atoms in total. The molecule has 1 aliphatic rings. The first-order valence-electron chi connectivity index (χ1n) is 8.86. The predicted molar refractivity (Wildman–Crippen MR) is 104 cm³/mol. The number of amides is 2. The van der Waals surface area contributed by atoms with Crippen molar-refractivity contribution < 1.29 is 14.0 Å². The number of fused-ring (bicyclic) bond motifs is 1. The number of benzene rings is 1. The minimum atomic E-state index is -0.381. The first-order valence-corrected chi connectivity index (χ1v) is 9.68. The highest BCUT2D eigenvalue weighted by atomic mass is 32.1. The molecule has 0 aliphatic carbocycles. The van der Waals surface area contributed by atoms with Crippen molar-refractivity contribution in [3.8, 4) is 0 Å². The van der Waals surface area contributed by atoms with E-state index >= 15 is 0 Å². The summed E-state index contributed by atoms with van der Waals surface area (Å²) >= 11 is 1.64. The number of hydrogen-bond acceptors (Lipinski definition) is 6. The van der Waals surface area contributed by atoms with E-state index in [1.165, 1.54) is 6.26 Å². The first kappa shape index (κ1) is 17.5. The molecular formula is C19H20N4O3S. The third-order valence-corrected chi connectivity index (χ3v) is 5.85. The fraction of sp³-hybridized carbons (Fsp3) is 0.316. The number of piperidine rings is 1. The average Bonchev–Trinajstić information content (AvgIpc) is 3.32. The van der Waals surface area contributed by atoms with Crippen molar-refractivity contribution in [3.05, 3.63) is 47.9 Å². The summed E-state index contributed by atoms with van der Waals surface area (Å²) < 4.78 is 6.25. The van der Waals surface area contributed by atoms with E-state index in [0.717, 1.165) is 34.7 Å². The van der Waals surface area contributed by atoms with E-state index in [1.807, 2.05) is 18.2 Å². The molecule has 0 radical (unpaired) electrons. The Morgan fingerprint density at radius 2 is 2.11 bits per heavy atom. The lowest BCUT2D eigenvalue weighted by Gasteiger charge is -2.31. The molecule has 1 atom stereocenters. The van der Waals surface area contributed by atoms with Gasteiger partial charge in [-0.05, 0) is 38.0 Å². The van der Waals surface area contributed by atoms with E-state index in [4.69, 9.17) is 4.42 Å². The molecule has 4 rings (SSSR count). The Bertz CT molecular complexity index is 947. The smallest absolute Gasteiger partial charge is 0.273 e. The van der Waals surface area contributed by atoms with Crippen molar-refractivity contribution >= 4 is 38.5 Å². The molecule has 1 aliphatic heterocycles. The van der Waals surface area contributed by atoms with Crippen LogP contribution < -0.4 is 15.8 Å². The highest BCUT2D eigenvalue weighted by Crippen LogP contribution is 2.31. The molecule has 3 heterocycles. The van der Waals surface area contributed by atoms with E-state index in [1.54, 1.807) is 24.3 Å². The molecule has 3 aromatic rings. The van der Waals surface area contributed by atoms with Gasteiger partial charge >= 0.3 is 0 Å². The maximum atomic E-state index is 12.5. The number of thiazole rings is 1.